The molecule has 0 aromatic rings. The van der Waals surface area contributed by atoms with Crippen LogP contribution in [0.5, 0.6) is 0 Å². The van der Waals surface area contributed by atoms with Crippen LogP contribution in [0.15, 0.2) is 0 Å². The van der Waals surface area contributed by atoms with E-state index in [2.05, 4.69) is 0 Å². The number of nitrogens with two attached hydrogens (primary N) is 1. The van der Waals surface area contributed by atoms with Gasteiger partial charge in [0.05, 0.1) is 0 Å². The Morgan fingerprint density at radius 1 is 1.07 bits per heavy atom. The third-order valence-electron chi connectivity index (χ3n) is 2.79. The molecule has 0 rings (SSSR count). The first-order valence-electron chi connectivity index (χ1n) is 5.07. The zero-order chi connectivity index (χ0) is 11.6. The summed E-state index contributed by atoms with van der Waals surface area (Å²) in [6, 6.07) is 0. The second-order valence-corrected chi connectivity index (χ2v) is 4.73. The lowest BCUT2D eigenvalue weighted by molar-refractivity contribution is -0.146. The van der Waals surface area contributed by atoms with Gasteiger partial charge in [-0.3, -0.25) is 9.59 Å². The van der Waals surface area contributed by atoms with Crippen LogP contribution < -0.4 is 5.73 Å². The van der Waals surface area contributed by atoms with Gasteiger partial charge in [0.1, 0.15) is 5.41 Å². The number of Topliss-reactive ketones (excluding diaryl/α,β-unsaturated/α-hetero) is 1. The van der Waals surface area contributed by atoms with Crippen molar-refractivity contribution in [3.8, 4) is 0 Å². The molecule has 0 bridgehead atoms. The lowest BCUT2D eigenvalue weighted by Crippen LogP contribution is -2.47. The second kappa shape index (κ2) is 4.11. The Hall–Kier alpha value is -0.860. The summed E-state index contributed by atoms with van der Waals surface area (Å²) in [7, 11) is 0. The predicted octanol–water partition coefficient (Wildman–Crippen LogP) is 1.89. The highest BCUT2D eigenvalue weighted by Crippen LogP contribution is 2.35. The van der Waals surface area contributed by atoms with Crippen molar-refractivity contribution in [2.75, 3.05) is 0 Å². The fourth-order valence-electron chi connectivity index (χ4n) is 1.75. The lowest BCUT2D eigenvalue weighted by Gasteiger charge is -2.32. The average Bonchev–Trinajstić information content (AvgIpc) is 2.05. The van der Waals surface area contributed by atoms with Gasteiger partial charge >= 0.3 is 0 Å². The monoisotopic (exact) mass is 199 g/mol. The topological polar surface area (TPSA) is 60.2 Å². The smallest absolute Gasteiger partial charge is 0.231 e. The van der Waals surface area contributed by atoms with Crippen LogP contribution in [0.25, 0.3) is 0 Å². The first kappa shape index (κ1) is 13.1. The largest absolute Gasteiger partial charge is 0.369 e. The fraction of sp³-hybridized carbons (Fsp3) is 0.818. The van der Waals surface area contributed by atoms with Crippen molar-refractivity contribution in [1.82, 2.24) is 0 Å². The molecule has 0 atom stereocenters. The molecule has 0 spiro atoms. The van der Waals surface area contributed by atoms with E-state index in [-0.39, 0.29) is 5.78 Å². The summed E-state index contributed by atoms with van der Waals surface area (Å²) in [5.74, 6) is -0.551. The van der Waals surface area contributed by atoms with Crippen LogP contribution in [-0.2, 0) is 9.59 Å². The van der Waals surface area contributed by atoms with Gasteiger partial charge in [-0.2, -0.15) is 0 Å². The van der Waals surface area contributed by atoms with Crippen LogP contribution in [-0.4, -0.2) is 11.7 Å². The van der Waals surface area contributed by atoms with Crippen molar-refractivity contribution in [3.05, 3.63) is 0 Å². The van der Waals surface area contributed by atoms with E-state index in [0.29, 0.717) is 12.8 Å². The second-order valence-electron chi connectivity index (χ2n) is 4.73. The molecule has 0 aromatic carbocycles. The van der Waals surface area contributed by atoms with E-state index in [1.54, 1.807) is 0 Å². The summed E-state index contributed by atoms with van der Waals surface area (Å²) in [6.07, 6.45) is 0.962. The maximum absolute atomic E-state index is 12.1. The molecular weight excluding hydrogens is 178 g/mol. The molecule has 14 heavy (non-hydrogen) atoms. The van der Waals surface area contributed by atoms with Crippen molar-refractivity contribution in [3.63, 3.8) is 0 Å². The highest BCUT2D eigenvalue weighted by atomic mass is 16.2. The molecule has 0 heterocycles. The van der Waals surface area contributed by atoms with E-state index in [1.807, 2.05) is 34.6 Å². The normalized spacial score (nSPS) is 12.6. The molecule has 0 saturated heterocycles. The van der Waals surface area contributed by atoms with Crippen molar-refractivity contribution >= 4 is 11.7 Å². The van der Waals surface area contributed by atoms with E-state index in [0.717, 1.165) is 0 Å². The maximum Gasteiger partial charge on any atom is 0.231 e. The van der Waals surface area contributed by atoms with Crippen LogP contribution in [0, 0.1) is 10.8 Å². The molecule has 3 nitrogen and oxygen atoms in total. The fourth-order valence-corrected chi connectivity index (χ4v) is 1.75. The lowest BCUT2D eigenvalue weighted by atomic mass is 9.69. The van der Waals surface area contributed by atoms with Crippen LogP contribution in [0.4, 0.5) is 0 Å². The molecule has 3 heteroatoms. The Morgan fingerprint density at radius 3 is 1.50 bits per heavy atom. The maximum atomic E-state index is 12.1. The van der Waals surface area contributed by atoms with Gasteiger partial charge in [0.15, 0.2) is 5.78 Å². The Morgan fingerprint density at radius 2 is 1.43 bits per heavy atom. The third-order valence-corrected chi connectivity index (χ3v) is 2.79. The van der Waals surface area contributed by atoms with Gasteiger partial charge in [-0.25, -0.2) is 0 Å². The zero-order valence-electron chi connectivity index (χ0n) is 9.81. The molecule has 0 aliphatic heterocycles. The third kappa shape index (κ3) is 2.14. The number of amides is 1. The Kier molecular flexibility index (Phi) is 3.86. The van der Waals surface area contributed by atoms with Gasteiger partial charge in [-0.05, 0) is 12.8 Å². The predicted molar refractivity (Wildman–Crippen MR) is 56.7 cm³/mol. The minimum Gasteiger partial charge on any atom is -0.369 e. The van der Waals surface area contributed by atoms with Crippen LogP contribution in [0.3, 0.4) is 0 Å². The zero-order valence-corrected chi connectivity index (χ0v) is 9.81. The molecule has 0 aliphatic carbocycles. The molecule has 0 radical (unpaired) electrons. The van der Waals surface area contributed by atoms with Crippen molar-refractivity contribution in [2.24, 2.45) is 16.6 Å². The number of carbonyl (C=O) groups is 2. The molecule has 0 fully saturated rings. The van der Waals surface area contributed by atoms with E-state index in [4.69, 9.17) is 5.73 Å². The van der Waals surface area contributed by atoms with Crippen molar-refractivity contribution in [2.45, 2.75) is 47.5 Å². The van der Waals surface area contributed by atoms with Crippen molar-refractivity contribution < 1.29 is 9.59 Å². The summed E-state index contributed by atoms with van der Waals surface area (Å²) >= 11 is 0. The van der Waals surface area contributed by atoms with E-state index >= 15 is 0 Å². The standard InChI is InChI=1S/C11H21NO2/c1-6-11(7-2,9(12)14)8(13)10(3,4)5/h6-7H2,1-5H3,(H2,12,14). The molecule has 0 saturated carbocycles. The molecule has 0 aromatic heterocycles. The summed E-state index contributed by atoms with van der Waals surface area (Å²) in [4.78, 5) is 23.5. The summed E-state index contributed by atoms with van der Waals surface area (Å²) in [6.45, 7) is 9.12. The quantitative estimate of drug-likeness (QED) is 0.703. The van der Waals surface area contributed by atoms with Gasteiger partial charge in [0.2, 0.25) is 5.91 Å². The first-order valence-corrected chi connectivity index (χ1v) is 5.07. The molecular formula is C11H21NO2. The van der Waals surface area contributed by atoms with Crippen LogP contribution in [0.2, 0.25) is 0 Å². The average molecular weight is 199 g/mol. The molecule has 1 amide bonds. The minimum atomic E-state index is -0.974. The highest BCUT2D eigenvalue weighted by molar-refractivity contribution is 6.07. The molecule has 0 unspecified atom stereocenters. The van der Waals surface area contributed by atoms with Gasteiger partial charge in [-0.15, -0.1) is 0 Å². The van der Waals surface area contributed by atoms with Crippen LogP contribution >= 0.6 is 0 Å². The van der Waals surface area contributed by atoms with E-state index in [1.165, 1.54) is 0 Å². The Bertz CT molecular complexity index is 234. The Balaban J connectivity index is 5.22. The van der Waals surface area contributed by atoms with Gasteiger partial charge in [0, 0.05) is 5.41 Å². The van der Waals surface area contributed by atoms with Gasteiger partial charge in [-0.1, -0.05) is 34.6 Å². The van der Waals surface area contributed by atoms with Crippen LogP contribution in [0.1, 0.15) is 47.5 Å². The minimum absolute atomic E-state index is 0.0532. The van der Waals surface area contributed by atoms with Gasteiger partial charge < -0.3 is 5.73 Å². The summed E-state index contributed by atoms with van der Waals surface area (Å²) < 4.78 is 0. The highest BCUT2D eigenvalue weighted by Gasteiger charge is 2.45. The number of hydrogen-bond acceptors (Lipinski definition) is 2. The summed E-state index contributed by atoms with van der Waals surface area (Å²) in [5.41, 5.74) is 3.84. The Labute approximate surface area is 86.1 Å². The van der Waals surface area contributed by atoms with E-state index < -0.39 is 16.7 Å². The van der Waals surface area contributed by atoms with Crippen molar-refractivity contribution in [1.29, 1.82) is 0 Å². The SMILES string of the molecule is CCC(CC)(C(N)=O)C(=O)C(C)(C)C. The molecule has 2 N–H and O–H groups in total. The molecule has 82 valence electrons. The molecule has 0 aliphatic rings. The van der Waals surface area contributed by atoms with E-state index in [9.17, 15) is 9.59 Å². The number of rotatable bonds is 4. The number of ketones is 1. The number of hydrogen-bond donors (Lipinski definition) is 1. The first-order chi connectivity index (χ1) is 6.22. The van der Waals surface area contributed by atoms with Gasteiger partial charge in [0.25, 0.3) is 0 Å². The number of carbonyl (C=O) groups excluding carboxylic acids is 2. The number of primary amides is 1. The summed E-state index contributed by atoms with van der Waals surface area (Å²) in [5, 5.41) is 0.